The molecule has 5 rings (SSSR count). The van der Waals surface area contributed by atoms with Crippen molar-refractivity contribution in [3.05, 3.63) is 84.3 Å². The lowest BCUT2D eigenvalue weighted by atomic mass is 10.0. The number of benzene rings is 1. The van der Waals surface area contributed by atoms with Gasteiger partial charge in [0, 0.05) is 35.8 Å². The van der Waals surface area contributed by atoms with E-state index in [-0.39, 0.29) is 0 Å². The Morgan fingerprint density at radius 3 is 2.48 bits per heavy atom. The number of pyridine rings is 1. The van der Waals surface area contributed by atoms with Gasteiger partial charge in [-0.1, -0.05) is 36.4 Å². The van der Waals surface area contributed by atoms with Crippen molar-refractivity contribution in [2.75, 3.05) is 0 Å². The van der Waals surface area contributed by atoms with Gasteiger partial charge in [0.1, 0.15) is 0 Å². The molecule has 0 spiro atoms. The second-order valence-electron chi connectivity index (χ2n) is 7.32. The molecule has 0 atom stereocenters. The highest BCUT2D eigenvalue weighted by Gasteiger charge is 2.20. The van der Waals surface area contributed by atoms with E-state index in [1.807, 2.05) is 53.3 Å². The van der Waals surface area contributed by atoms with Crippen molar-refractivity contribution in [3.8, 4) is 22.5 Å². The highest BCUT2D eigenvalue weighted by Crippen LogP contribution is 2.34. The van der Waals surface area contributed by atoms with Crippen molar-refractivity contribution < 1.29 is 0 Å². The minimum absolute atomic E-state index is 0.591. The molecule has 0 amide bonds. The van der Waals surface area contributed by atoms with Gasteiger partial charge in [-0.2, -0.15) is 0 Å². The van der Waals surface area contributed by atoms with Crippen molar-refractivity contribution in [1.82, 2.24) is 28.7 Å². The van der Waals surface area contributed by atoms with Gasteiger partial charge in [0.15, 0.2) is 11.5 Å². The quantitative estimate of drug-likeness (QED) is 0.467. The molecule has 6 heteroatoms. The molecule has 0 saturated heterocycles. The molecule has 1 aromatic carbocycles. The van der Waals surface area contributed by atoms with E-state index in [1.54, 1.807) is 0 Å². The Bertz CT molecular complexity index is 1310. The molecule has 0 aliphatic rings. The molecule has 0 aliphatic heterocycles. The van der Waals surface area contributed by atoms with Crippen LogP contribution < -0.4 is 0 Å². The molecule has 0 bridgehead atoms. The van der Waals surface area contributed by atoms with Gasteiger partial charge in [0.25, 0.3) is 0 Å². The largest absolute Gasteiger partial charge is 0.351 e. The van der Waals surface area contributed by atoms with Crippen LogP contribution in [0.4, 0.5) is 0 Å². The van der Waals surface area contributed by atoms with Gasteiger partial charge in [-0.05, 0) is 32.0 Å². The Morgan fingerprint density at radius 1 is 0.931 bits per heavy atom. The van der Waals surface area contributed by atoms with Crippen LogP contribution in [0.15, 0.2) is 67.1 Å². The molecule has 5 aromatic rings. The maximum Gasteiger partial charge on any atom is 0.160 e. The molecule has 4 aromatic heterocycles. The summed E-state index contributed by atoms with van der Waals surface area (Å²) in [7, 11) is 2.10. The zero-order valence-corrected chi connectivity index (χ0v) is 16.7. The lowest BCUT2D eigenvalue weighted by Gasteiger charge is -2.10. The first-order chi connectivity index (χ1) is 14.1. The Kier molecular flexibility index (Phi) is 4.05. The predicted octanol–water partition coefficient (Wildman–Crippen LogP) is 4.26. The normalized spacial score (nSPS) is 11.4. The number of fused-ring (bicyclic) bond motifs is 1. The Balaban J connectivity index is 1.70. The second-order valence-corrected chi connectivity index (χ2v) is 7.32. The third kappa shape index (κ3) is 2.84. The molecule has 0 unspecified atom stereocenters. The van der Waals surface area contributed by atoms with Crippen LogP contribution in [0.25, 0.3) is 28.2 Å². The average Bonchev–Trinajstić information content (AvgIpc) is 3.42. The van der Waals surface area contributed by atoms with E-state index in [0.717, 1.165) is 28.4 Å². The van der Waals surface area contributed by atoms with Crippen LogP contribution in [0, 0.1) is 13.8 Å². The molecule has 0 radical (unpaired) electrons. The monoisotopic (exact) mass is 382 g/mol. The van der Waals surface area contributed by atoms with Crippen molar-refractivity contribution >= 4 is 5.65 Å². The summed E-state index contributed by atoms with van der Waals surface area (Å²) < 4.78 is 6.41. The predicted molar refractivity (Wildman–Crippen MR) is 114 cm³/mol. The number of imidazole rings is 1. The van der Waals surface area contributed by atoms with Gasteiger partial charge in [0.2, 0.25) is 0 Å². The van der Waals surface area contributed by atoms with E-state index in [2.05, 4.69) is 58.4 Å². The summed E-state index contributed by atoms with van der Waals surface area (Å²) in [5.74, 6) is 0.879. The molecule has 0 saturated carbocycles. The maximum atomic E-state index is 4.80. The fourth-order valence-corrected chi connectivity index (χ4v) is 3.84. The number of nitrogens with zero attached hydrogens (tertiary/aromatic N) is 6. The summed E-state index contributed by atoms with van der Waals surface area (Å²) in [6.07, 6.45) is 3.90. The van der Waals surface area contributed by atoms with Crippen molar-refractivity contribution in [1.29, 1.82) is 0 Å². The first-order valence-electron chi connectivity index (χ1n) is 9.66. The molecule has 0 aliphatic carbocycles. The second kappa shape index (κ2) is 6.74. The maximum absolute atomic E-state index is 4.80. The van der Waals surface area contributed by atoms with E-state index in [0.29, 0.717) is 6.54 Å². The summed E-state index contributed by atoms with van der Waals surface area (Å²) in [4.78, 5) is 4.80. The molecule has 29 heavy (non-hydrogen) atoms. The first kappa shape index (κ1) is 17.4. The topological polar surface area (TPSA) is 52.9 Å². The van der Waals surface area contributed by atoms with E-state index >= 15 is 0 Å². The van der Waals surface area contributed by atoms with Crippen LogP contribution in [0.1, 0.15) is 17.2 Å². The summed E-state index contributed by atoms with van der Waals surface area (Å²) in [6.45, 7) is 4.88. The van der Waals surface area contributed by atoms with E-state index in [4.69, 9.17) is 4.98 Å². The van der Waals surface area contributed by atoms with Crippen LogP contribution in [-0.2, 0) is 13.6 Å². The molecule has 4 heterocycles. The fraction of sp³-hybridized carbons (Fsp3) is 0.174. The lowest BCUT2D eigenvalue weighted by molar-refractivity contribution is 0.738. The average molecular weight is 382 g/mol. The number of aryl methyl sites for hydroxylation is 1. The van der Waals surface area contributed by atoms with Crippen LogP contribution in [0.5, 0.6) is 0 Å². The van der Waals surface area contributed by atoms with E-state index in [9.17, 15) is 0 Å². The number of hydrogen-bond acceptors (Lipinski definition) is 3. The third-order valence-electron chi connectivity index (χ3n) is 5.61. The van der Waals surface area contributed by atoms with E-state index < -0.39 is 0 Å². The first-order valence-corrected chi connectivity index (χ1v) is 9.66. The van der Waals surface area contributed by atoms with Gasteiger partial charge in [-0.15, -0.1) is 10.2 Å². The molecule has 6 nitrogen and oxygen atoms in total. The van der Waals surface area contributed by atoms with Gasteiger partial charge < -0.3 is 9.13 Å². The van der Waals surface area contributed by atoms with Crippen LogP contribution in [0.2, 0.25) is 0 Å². The van der Waals surface area contributed by atoms with Gasteiger partial charge in [-0.25, -0.2) is 4.98 Å². The van der Waals surface area contributed by atoms with Crippen LogP contribution in [0.3, 0.4) is 0 Å². The smallest absolute Gasteiger partial charge is 0.160 e. The summed E-state index contributed by atoms with van der Waals surface area (Å²) in [5.41, 5.74) is 7.66. The Labute approximate surface area is 169 Å². The zero-order valence-electron chi connectivity index (χ0n) is 16.7. The Hall–Kier alpha value is -3.67. The molecule has 0 fully saturated rings. The molecular formula is C23H22N6. The highest BCUT2D eigenvalue weighted by atomic mass is 15.3. The Morgan fingerprint density at radius 2 is 1.72 bits per heavy atom. The number of aromatic nitrogens is 6. The van der Waals surface area contributed by atoms with Crippen molar-refractivity contribution in [3.63, 3.8) is 0 Å². The molecule has 144 valence electrons. The minimum Gasteiger partial charge on any atom is -0.351 e. The number of hydrogen-bond donors (Lipinski definition) is 0. The summed E-state index contributed by atoms with van der Waals surface area (Å²) in [5, 5.41) is 8.70. The van der Waals surface area contributed by atoms with Gasteiger partial charge in [0.05, 0.1) is 24.3 Å². The zero-order chi connectivity index (χ0) is 20.0. The highest BCUT2D eigenvalue weighted by molar-refractivity contribution is 5.80. The molecular weight excluding hydrogens is 360 g/mol. The van der Waals surface area contributed by atoms with Gasteiger partial charge in [-0.3, -0.25) is 4.40 Å². The standard InChI is InChI=1S/C23H22N6/c1-16-13-19(17(2)27(16)3)23-22(18-9-5-4-6-10-18)24-15-28(23)14-21-26-25-20-11-7-8-12-29(20)21/h4-13,15H,14H2,1-3H3. The summed E-state index contributed by atoms with van der Waals surface area (Å²) >= 11 is 0. The van der Waals surface area contributed by atoms with Crippen LogP contribution >= 0.6 is 0 Å². The minimum atomic E-state index is 0.591. The van der Waals surface area contributed by atoms with E-state index in [1.165, 1.54) is 17.0 Å². The third-order valence-corrected chi connectivity index (χ3v) is 5.61. The van der Waals surface area contributed by atoms with Gasteiger partial charge >= 0.3 is 0 Å². The number of rotatable bonds is 4. The SMILES string of the molecule is Cc1cc(-c2c(-c3ccccc3)ncn2Cc2nnc3ccccn23)c(C)n1C. The van der Waals surface area contributed by atoms with Crippen LogP contribution in [-0.4, -0.2) is 28.7 Å². The molecule has 0 N–H and O–H groups in total. The van der Waals surface area contributed by atoms with Crippen molar-refractivity contribution in [2.45, 2.75) is 20.4 Å². The lowest BCUT2D eigenvalue weighted by Crippen LogP contribution is -2.05. The summed E-state index contributed by atoms with van der Waals surface area (Å²) in [6, 6.07) is 18.5. The van der Waals surface area contributed by atoms with Crippen molar-refractivity contribution in [2.24, 2.45) is 7.05 Å². The fourth-order valence-electron chi connectivity index (χ4n) is 3.84.